The van der Waals surface area contributed by atoms with Crippen LogP contribution >= 0.6 is 0 Å². The van der Waals surface area contributed by atoms with E-state index in [1.54, 1.807) is 0 Å². The normalized spacial score (nSPS) is 55.6. The Bertz CT molecular complexity index is 398. The first kappa shape index (κ1) is 11.7. The molecule has 0 spiro atoms. The summed E-state index contributed by atoms with van der Waals surface area (Å²) >= 11 is 0. The van der Waals surface area contributed by atoms with Gasteiger partial charge in [-0.15, -0.1) is 0 Å². The smallest absolute Gasteiger partial charge is 0.0692 e. The lowest BCUT2D eigenvalue weighted by Crippen LogP contribution is -2.44. The summed E-state index contributed by atoms with van der Waals surface area (Å²) < 4.78 is 0. The van der Waals surface area contributed by atoms with Gasteiger partial charge in [0.25, 0.3) is 0 Å². The van der Waals surface area contributed by atoms with Crippen molar-refractivity contribution in [2.45, 2.75) is 59.2 Å². The van der Waals surface area contributed by atoms with Gasteiger partial charge in [0.1, 0.15) is 0 Å². The van der Waals surface area contributed by atoms with Crippen molar-refractivity contribution in [2.75, 3.05) is 0 Å². The van der Waals surface area contributed by atoms with Crippen molar-refractivity contribution in [3.63, 3.8) is 0 Å². The number of allylic oxidation sites excluding steroid dienone is 1. The lowest BCUT2D eigenvalue weighted by Gasteiger charge is -2.40. The van der Waals surface area contributed by atoms with Crippen LogP contribution in [0.3, 0.4) is 0 Å². The highest BCUT2D eigenvalue weighted by molar-refractivity contribution is 5.38. The summed E-state index contributed by atoms with van der Waals surface area (Å²) in [5, 5.41) is 21.0. The summed E-state index contributed by atoms with van der Waals surface area (Å²) in [6, 6.07) is 0. The van der Waals surface area contributed by atoms with Crippen LogP contribution in [0.4, 0.5) is 0 Å². The third-order valence-electron chi connectivity index (χ3n) is 6.12. The second kappa shape index (κ2) is 2.97. The van der Waals surface area contributed by atoms with Gasteiger partial charge in [0.2, 0.25) is 0 Å². The zero-order chi connectivity index (χ0) is 12.6. The zero-order valence-electron chi connectivity index (χ0n) is 11.3. The molecular weight excluding hydrogens is 212 g/mol. The molecule has 0 bridgehead atoms. The van der Waals surface area contributed by atoms with Crippen LogP contribution in [0.5, 0.6) is 0 Å². The zero-order valence-corrected chi connectivity index (χ0v) is 11.3. The lowest BCUT2D eigenvalue weighted by molar-refractivity contribution is -0.0706. The van der Waals surface area contributed by atoms with Crippen molar-refractivity contribution in [1.29, 1.82) is 0 Å². The Hall–Kier alpha value is -0.340. The number of hydrogen-bond donors (Lipinski definition) is 2. The SMILES string of the molecule is CC1(C)C=C2[C@H](C1)[C@H](O)[C@]1(C)[C@H](O)CC[C@]21C. The van der Waals surface area contributed by atoms with Gasteiger partial charge in [0.15, 0.2) is 0 Å². The molecule has 3 rings (SSSR count). The molecule has 2 N–H and O–H groups in total. The Labute approximate surface area is 104 Å². The Morgan fingerprint density at radius 1 is 1.18 bits per heavy atom. The third-order valence-corrected chi connectivity index (χ3v) is 6.12. The van der Waals surface area contributed by atoms with Crippen molar-refractivity contribution >= 4 is 0 Å². The van der Waals surface area contributed by atoms with E-state index >= 15 is 0 Å². The van der Waals surface area contributed by atoms with E-state index in [0.29, 0.717) is 0 Å². The monoisotopic (exact) mass is 236 g/mol. The quantitative estimate of drug-likeness (QED) is 0.634. The second-order valence-corrected chi connectivity index (χ2v) is 7.51. The first-order chi connectivity index (χ1) is 7.72. The predicted molar refractivity (Wildman–Crippen MR) is 67.4 cm³/mol. The maximum absolute atomic E-state index is 10.7. The van der Waals surface area contributed by atoms with E-state index in [2.05, 4.69) is 33.8 Å². The molecule has 17 heavy (non-hydrogen) atoms. The van der Waals surface area contributed by atoms with Crippen molar-refractivity contribution in [3.8, 4) is 0 Å². The standard InChI is InChI=1S/C15H24O2/c1-13(2)7-9-10(8-13)14(3)6-5-11(16)15(14,4)12(9)17/h8-9,11-12,16-17H,5-7H2,1-4H3/t9-,11+,12-,14+,15-/m0/s1. The van der Waals surface area contributed by atoms with Gasteiger partial charge in [-0.2, -0.15) is 0 Å². The van der Waals surface area contributed by atoms with Crippen LogP contribution in [0, 0.1) is 22.2 Å². The van der Waals surface area contributed by atoms with Gasteiger partial charge in [-0.05, 0) is 30.1 Å². The fourth-order valence-corrected chi connectivity index (χ4v) is 4.87. The van der Waals surface area contributed by atoms with E-state index in [9.17, 15) is 10.2 Å². The summed E-state index contributed by atoms with van der Waals surface area (Å²) in [5.74, 6) is 0.273. The molecule has 2 fully saturated rings. The molecule has 0 radical (unpaired) electrons. The van der Waals surface area contributed by atoms with Gasteiger partial charge in [-0.25, -0.2) is 0 Å². The highest BCUT2D eigenvalue weighted by atomic mass is 16.3. The van der Waals surface area contributed by atoms with Crippen molar-refractivity contribution in [2.24, 2.45) is 22.2 Å². The predicted octanol–water partition coefficient (Wildman–Crippen LogP) is 2.50. The van der Waals surface area contributed by atoms with Crippen molar-refractivity contribution in [3.05, 3.63) is 11.6 Å². The summed E-state index contributed by atoms with van der Waals surface area (Å²) in [7, 11) is 0. The molecule has 5 atom stereocenters. The summed E-state index contributed by atoms with van der Waals surface area (Å²) in [6.45, 7) is 8.83. The van der Waals surface area contributed by atoms with E-state index in [-0.39, 0.29) is 34.4 Å². The minimum Gasteiger partial charge on any atom is -0.392 e. The summed E-state index contributed by atoms with van der Waals surface area (Å²) in [6.07, 6.45) is 4.52. The average Bonchev–Trinajstić information content (AvgIpc) is 2.73. The minimum absolute atomic E-state index is 0.00424. The largest absolute Gasteiger partial charge is 0.392 e. The Balaban J connectivity index is 2.14. The molecule has 3 aliphatic carbocycles. The molecule has 0 heterocycles. The molecule has 0 unspecified atom stereocenters. The van der Waals surface area contributed by atoms with Gasteiger partial charge in [-0.3, -0.25) is 0 Å². The third kappa shape index (κ3) is 1.14. The van der Waals surface area contributed by atoms with Crippen molar-refractivity contribution in [1.82, 2.24) is 0 Å². The summed E-state index contributed by atoms with van der Waals surface area (Å²) in [5.41, 5.74) is 1.30. The van der Waals surface area contributed by atoms with Crippen LogP contribution in [0.2, 0.25) is 0 Å². The number of fused-ring (bicyclic) bond motifs is 3. The molecule has 0 aromatic rings. The molecule has 2 nitrogen and oxygen atoms in total. The molecule has 0 aliphatic heterocycles. The Morgan fingerprint density at radius 3 is 2.47 bits per heavy atom. The molecule has 96 valence electrons. The highest BCUT2D eigenvalue weighted by Gasteiger charge is 2.68. The number of aliphatic hydroxyl groups is 2. The minimum atomic E-state index is -0.377. The average molecular weight is 236 g/mol. The van der Waals surface area contributed by atoms with Crippen LogP contribution in [0.25, 0.3) is 0 Å². The summed E-state index contributed by atoms with van der Waals surface area (Å²) in [4.78, 5) is 0. The molecule has 2 saturated carbocycles. The topological polar surface area (TPSA) is 40.5 Å². The van der Waals surface area contributed by atoms with Crippen LogP contribution in [0.1, 0.15) is 47.0 Å². The molecular formula is C15H24O2. The van der Waals surface area contributed by atoms with Crippen LogP contribution in [-0.4, -0.2) is 22.4 Å². The number of aliphatic hydroxyl groups excluding tert-OH is 2. The van der Waals surface area contributed by atoms with Crippen molar-refractivity contribution < 1.29 is 10.2 Å². The van der Waals surface area contributed by atoms with E-state index in [1.165, 1.54) is 5.57 Å². The van der Waals surface area contributed by atoms with Crippen LogP contribution < -0.4 is 0 Å². The van der Waals surface area contributed by atoms with Gasteiger partial charge in [0.05, 0.1) is 12.2 Å². The molecule has 0 saturated heterocycles. The molecule has 0 amide bonds. The molecule has 2 heteroatoms. The van der Waals surface area contributed by atoms with Gasteiger partial charge >= 0.3 is 0 Å². The first-order valence-corrected chi connectivity index (χ1v) is 6.82. The lowest BCUT2D eigenvalue weighted by atomic mass is 9.66. The fraction of sp³-hybridized carbons (Fsp3) is 0.867. The van der Waals surface area contributed by atoms with E-state index in [0.717, 1.165) is 19.3 Å². The molecule has 3 aliphatic rings. The van der Waals surface area contributed by atoms with Crippen LogP contribution in [-0.2, 0) is 0 Å². The Kier molecular flexibility index (Phi) is 2.05. The maximum atomic E-state index is 10.7. The molecule has 0 aromatic carbocycles. The maximum Gasteiger partial charge on any atom is 0.0692 e. The first-order valence-electron chi connectivity index (χ1n) is 6.82. The highest BCUT2D eigenvalue weighted by Crippen LogP contribution is 2.70. The van der Waals surface area contributed by atoms with Gasteiger partial charge in [0, 0.05) is 11.3 Å². The number of rotatable bonds is 0. The number of hydrogen-bond acceptors (Lipinski definition) is 2. The fourth-order valence-electron chi connectivity index (χ4n) is 4.87. The van der Waals surface area contributed by atoms with E-state index < -0.39 is 0 Å². The van der Waals surface area contributed by atoms with E-state index in [4.69, 9.17) is 0 Å². The van der Waals surface area contributed by atoms with E-state index in [1.807, 2.05) is 0 Å². The van der Waals surface area contributed by atoms with Gasteiger partial charge in [-0.1, -0.05) is 39.3 Å². The second-order valence-electron chi connectivity index (χ2n) is 7.51. The molecule has 0 aromatic heterocycles. The van der Waals surface area contributed by atoms with Gasteiger partial charge < -0.3 is 10.2 Å². The Morgan fingerprint density at radius 2 is 1.82 bits per heavy atom. The van der Waals surface area contributed by atoms with Crippen LogP contribution in [0.15, 0.2) is 11.6 Å².